The Morgan fingerprint density at radius 1 is 1.08 bits per heavy atom. The van der Waals surface area contributed by atoms with Crippen LogP contribution in [0.25, 0.3) is 0 Å². The van der Waals surface area contributed by atoms with Crippen molar-refractivity contribution in [2.24, 2.45) is 5.92 Å². The molecule has 2 aliphatic heterocycles. The Labute approximate surface area is 213 Å². The highest BCUT2D eigenvalue weighted by Gasteiger charge is 2.40. The SMILES string of the molecule is Cc1ccc(S(=O)(=O)N2CCC[C@@H]2C(=O)N[C@@H](CCC(=O)N2CCC(CN(C)C)CC2)C(=O)O)cc1. The van der Waals surface area contributed by atoms with E-state index >= 15 is 0 Å². The maximum Gasteiger partial charge on any atom is 0.326 e. The van der Waals surface area contributed by atoms with E-state index in [9.17, 15) is 27.9 Å². The molecule has 0 aromatic heterocycles. The van der Waals surface area contributed by atoms with E-state index in [0.29, 0.717) is 31.8 Å². The predicted octanol–water partition coefficient (Wildman–Crippen LogP) is 1.30. The lowest BCUT2D eigenvalue weighted by molar-refractivity contribution is -0.143. The lowest BCUT2D eigenvalue weighted by Crippen LogP contribution is -2.51. The first-order valence-electron chi connectivity index (χ1n) is 12.5. The molecule has 36 heavy (non-hydrogen) atoms. The van der Waals surface area contributed by atoms with Crippen molar-refractivity contribution >= 4 is 27.8 Å². The minimum absolute atomic E-state index is 0.00560. The van der Waals surface area contributed by atoms with Gasteiger partial charge in [0, 0.05) is 32.6 Å². The number of likely N-dealkylation sites (tertiary alicyclic amines) is 1. The maximum atomic E-state index is 13.1. The van der Waals surface area contributed by atoms with Gasteiger partial charge in [-0.3, -0.25) is 9.59 Å². The number of nitrogens with one attached hydrogen (secondary N) is 1. The summed E-state index contributed by atoms with van der Waals surface area (Å²) >= 11 is 0. The van der Waals surface area contributed by atoms with Crippen molar-refractivity contribution in [1.82, 2.24) is 19.4 Å². The number of hydrogen-bond donors (Lipinski definition) is 2. The molecule has 0 unspecified atom stereocenters. The van der Waals surface area contributed by atoms with Crippen LogP contribution in [-0.2, 0) is 24.4 Å². The summed E-state index contributed by atoms with van der Waals surface area (Å²) in [5.41, 5.74) is 0.918. The third-order valence-electron chi connectivity index (χ3n) is 6.99. The van der Waals surface area contributed by atoms with Crippen LogP contribution in [0, 0.1) is 12.8 Å². The molecule has 11 heteroatoms. The number of carboxylic acid groups (broad SMARTS) is 1. The van der Waals surface area contributed by atoms with Crippen LogP contribution in [0.5, 0.6) is 0 Å². The van der Waals surface area contributed by atoms with E-state index < -0.39 is 34.0 Å². The minimum atomic E-state index is -3.90. The van der Waals surface area contributed by atoms with Crippen LogP contribution in [0.1, 0.15) is 44.1 Å². The number of rotatable bonds is 10. The molecule has 10 nitrogen and oxygen atoms in total. The molecule has 200 valence electrons. The van der Waals surface area contributed by atoms with Crippen molar-refractivity contribution in [3.63, 3.8) is 0 Å². The van der Waals surface area contributed by atoms with Gasteiger partial charge in [0.1, 0.15) is 12.1 Å². The first kappa shape index (κ1) is 28.1. The van der Waals surface area contributed by atoms with E-state index in [0.717, 1.165) is 29.3 Å². The molecular weight excluding hydrogens is 484 g/mol. The number of carbonyl (C=O) groups is 3. The van der Waals surface area contributed by atoms with Gasteiger partial charge in [-0.05, 0) is 71.2 Å². The monoisotopic (exact) mass is 522 g/mol. The molecule has 2 atom stereocenters. The molecule has 1 aromatic rings. The Balaban J connectivity index is 1.57. The second-order valence-electron chi connectivity index (χ2n) is 10.1. The molecule has 0 radical (unpaired) electrons. The summed E-state index contributed by atoms with van der Waals surface area (Å²) in [5.74, 6) is -1.47. The van der Waals surface area contributed by atoms with Crippen molar-refractivity contribution in [2.45, 2.75) is 62.4 Å². The fourth-order valence-electron chi connectivity index (χ4n) is 4.97. The second kappa shape index (κ2) is 12.2. The maximum absolute atomic E-state index is 13.1. The number of carbonyl (C=O) groups excluding carboxylic acids is 2. The molecule has 2 heterocycles. The third-order valence-corrected chi connectivity index (χ3v) is 8.91. The standard InChI is InChI=1S/C25H38N4O6S/c1-18-6-8-20(9-7-18)36(34,35)29-14-4-5-22(29)24(31)26-21(25(32)33)10-11-23(30)28-15-12-19(13-16-28)17-27(2)3/h6-9,19,21-22H,4-5,10-17H2,1-3H3,(H,26,31)(H,32,33)/t21-,22+/m0/s1. The first-order chi connectivity index (χ1) is 17.0. The van der Waals surface area contributed by atoms with E-state index in [1.807, 2.05) is 21.0 Å². The summed E-state index contributed by atoms with van der Waals surface area (Å²) < 4.78 is 27.4. The largest absolute Gasteiger partial charge is 0.480 e. The van der Waals surface area contributed by atoms with Gasteiger partial charge in [-0.15, -0.1) is 0 Å². The molecule has 3 rings (SSSR count). The zero-order chi connectivity index (χ0) is 26.5. The van der Waals surface area contributed by atoms with Gasteiger partial charge in [-0.2, -0.15) is 4.31 Å². The van der Waals surface area contributed by atoms with Crippen LogP contribution in [-0.4, -0.2) is 97.8 Å². The van der Waals surface area contributed by atoms with Crippen molar-refractivity contribution in [3.8, 4) is 0 Å². The number of carboxylic acids is 1. The lowest BCUT2D eigenvalue weighted by atomic mass is 9.96. The van der Waals surface area contributed by atoms with Gasteiger partial charge >= 0.3 is 5.97 Å². The van der Waals surface area contributed by atoms with Gasteiger partial charge < -0.3 is 20.2 Å². The number of sulfonamides is 1. The molecule has 0 bridgehead atoms. The van der Waals surface area contributed by atoms with Crippen molar-refractivity contribution in [1.29, 1.82) is 0 Å². The molecule has 1 aromatic carbocycles. The fraction of sp³-hybridized carbons (Fsp3) is 0.640. The Hall–Kier alpha value is -2.50. The molecule has 2 fully saturated rings. The number of benzene rings is 1. The molecule has 0 spiro atoms. The summed E-state index contributed by atoms with van der Waals surface area (Å²) in [6.07, 6.45) is 2.60. The van der Waals surface area contributed by atoms with Gasteiger partial charge in [0.05, 0.1) is 4.90 Å². The van der Waals surface area contributed by atoms with Gasteiger partial charge in [-0.1, -0.05) is 17.7 Å². The van der Waals surface area contributed by atoms with Crippen LogP contribution in [0.15, 0.2) is 29.2 Å². The molecule has 2 amide bonds. The highest BCUT2D eigenvalue weighted by molar-refractivity contribution is 7.89. The van der Waals surface area contributed by atoms with Crippen molar-refractivity contribution in [3.05, 3.63) is 29.8 Å². The van der Waals surface area contributed by atoms with Crippen LogP contribution in [0.4, 0.5) is 0 Å². The van der Waals surface area contributed by atoms with Gasteiger partial charge in [0.15, 0.2) is 0 Å². The van der Waals surface area contributed by atoms with Crippen LogP contribution in [0.3, 0.4) is 0 Å². The third kappa shape index (κ3) is 7.04. The van der Waals surface area contributed by atoms with E-state index in [-0.39, 0.29) is 30.2 Å². The minimum Gasteiger partial charge on any atom is -0.480 e. The Morgan fingerprint density at radius 3 is 2.31 bits per heavy atom. The summed E-state index contributed by atoms with van der Waals surface area (Å²) in [7, 11) is 0.160. The zero-order valence-corrected chi connectivity index (χ0v) is 22.2. The predicted molar refractivity (Wildman–Crippen MR) is 135 cm³/mol. The summed E-state index contributed by atoms with van der Waals surface area (Å²) in [4.78, 5) is 41.5. The summed E-state index contributed by atoms with van der Waals surface area (Å²) in [6.45, 7) is 4.32. The molecule has 2 N–H and O–H groups in total. The number of piperidine rings is 1. The average Bonchev–Trinajstić information content (AvgIpc) is 3.33. The number of hydrogen-bond acceptors (Lipinski definition) is 6. The second-order valence-corrected chi connectivity index (χ2v) is 12.0. The Kier molecular flexibility index (Phi) is 9.48. The quantitative estimate of drug-likeness (QED) is 0.474. The smallest absolute Gasteiger partial charge is 0.326 e. The molecule has 0 aliphatic carbocycles. The zero-order valence-electron chi connectivity index (χ0n) is 21.4. The number of amides is 2. The number of nitrogens with zero attached hydrogens (tertiary/aromatic N) is 3. The van der Waals surface area contributed by atoms with Gasteiger partial charge in [0.2, 0.25) is 21.8 Å². The molecule has 0 saturated carbocycles. The summed E-state index contributed by atoms with van der Waals surface area (Å²) in [5, 5.41) is 12.1. The average molecular weight is 523 g/mol. The number of aliphatic carboxylic acids is 1. The summed E-state index contributed by atoms with van der Waals surface area (Å²) in [6, 6.07) is 4.15. The highest BCUT2D eigenvalue weighted by atomic mass is 32.2. The molecule has 2 aliphatic rings. The lowest BCUT2D eigenvalue weighted by Gasteiger charge is -2.33. The normalized spacial score (nSPS) is 20.4. The van der Waals surface area contributed by atoms with Crippen LogP contribution in [0.2, 0.25) is 0 Å². The molecular formula is C25H38N4O6S. The first-order valence-corrected chi connectivity index (χ1v) is 14.0. The van der Waals surface area contributed by atoms with E-state index in [1.165, 1.54) is 12.1 Å². The van der Waals surface area contributed by atoms with Crippen LogP contribution >= 0.6 is 0 Å². The van der Waals surface area contributed by atoms with E-state index in [2.05, 4.69) is 10.2 Å². The Morgan fingerprint density at radius 2 is 1.72 bits per heavy atom. The van der Waals surface area contributed by atoms with Crippen molar-refractivity contribution < 1.29 is 27.9 Å². The Bertz CT molecular complexity index is 1040. The van der Waals surface area contributed by atoms with Crippen LogP contribution < -0.4 is 5.32 Å². The molecule has 2 saturated heterocycles. The highest BCUT2D eigenvalue weighted by Crippen LogP contribution is 2.27. The fourth-order valence-corrected chi connectivity index (χ4v) is 6.62. The van der Waals surface area contributed by atoms with Gasteiger partial charge in [0.25, 0.3) is 0 Å². The van der Waals surface area contributed by atoms with E-state index in [1.54, 1.807) is 17.0 Å². The van der Waals surface area contributed by atoms with Gasteiger partial charge in [-0.25, -0.2) is 13.2 Å². The topological polar surface area (TPSA) is 127 Å². The van der Waals surface area contributed by atoms with Crippen molar-refractivity contribution in [2.75, 3.05) is 40.3 Å². The van der Waals surface area contributed by atoms with E-state index in [4.69, 9.17) is 0 Å². The number of aryl methyl sites for hydroxylation is 1.